The van der Waals surface area contributed by atoms with Crippen molar-refractivity contribution in [2.45, 2.75) is 25.8 Å². The highest BCUT2D eigenvalue weighted by atomic mass is 16.2. The standard InChI is InChI=1S/C12H16N2O/c1-2-14(9-7-8-9)12(15)10-5-3-4-6-11(10)13/h3-6,9H,2,7-8,13H2,1H3. The summed E-state index contributed by atoms with van der Waals surface area (Å²) in [6, 6.07) is 7.71. The lowest BCUT2D eigenvalue weighted by Gasteiger charge is -2.21. The summed E-state index contributed by atoms with van der Waals surface area (Å²) in [5, 5.41) is 0. The SMILES string of the molecule is CCN(C(=O)c1ccccc1N)C1CC1. The molecule has 80 valence electrons. The number of carbonyl (C=O) groups excluding carboxylic acids is 1. The molecule has 15 heavy (non-hydrogen) atoms. The van der Waals surface area contributed by atoms with E-state index >= 15 is 0 Å². The number of nitrogens with zero attached hydrogens (tertiary/aromatic N) is 1. The average Bonchev–Trinajstić information content (AvgIpc) is 3.03. The Morgan fingerprint density at radius 1 is 1.47 bits per heavy atom. The van der Waals surface area contributed by atoms with Gasteiger partial charge in [-0.15, -0.1) is 0 Å². The molecular weight excluding hydrogens is 188 g/mol. The first kappa shape index (κ1) is 10.0. The van der Waals surface area contributed by atoms with E-state index in [1.54, 1.807) is 12.1 Å². The molecular formula is C12H16N2O. The number of anilines is 1. The third kappa shape index (κ3) is 1.96. The molecule has 0 aromatic heterocycles. The van der Waals surface area contributed by atoms with Crippen molar-refractivity contribution in [2.24, 2.45) is 0 Å². The maximum atomic E-state index is 12.1. The minimum absolute atomic E-state index is 0.0677. The fraction of sp³-hybridized carbons (Fsp3) is 0.417. The zero-order valence-electron chi connectivity index (χ0n) is 8.94. The van der Waals surface area contributed by atoms with Crippen LogP contribution in [0.15, 0.2) is 24.3 Å². The Kier molecular flexibility index (Phi) is 2.62. The van der Waals surface area contributed by atoms with Crippen LogP contribution in [0.2, 0.25) is 0 Å². The van der Waals surface area contributed by atoms with E-state index in [0.717, 1.165) is 19.4 Å². The van der Waals surface area contributed by atoms with E-state index in [-0.39, 0.29) is 5.91 Å². The Balaban J connectivity index is 2.22. The van der Waals surface area contributed by atoms with Gasteiger partial charge in [-0.05, 0) is 31.9 Å². The predicted molar refractivity (Wildman–Crippen MR) is 60.6 cm³/mol. The first-order valence-corrected chi connectivity index (χ1v) is 5.39. The lowest BCUT2D eigenvalue weighted by molar-refractivity contribution is 0.0753. The van der Waals surface area contributed by atoms with Crippen molar-refractivity contribution in [3.8, 4) is 0 Å². The second-order valence-corrected chi connectivity index (χ2v) is 3.91. The molecule has 2 N–H and O–H groups in total. The van der Waals surface area contributed by atoms with Crippen LogP contribution >= 0.6 is 0 Å². The molecule has 0 bridgehead atoms. The number of hydrogen-bond acceptors (Lipinski definition) is 2. The van der Waals surface area contributed by atoms with E-state index < -0.39 is 0 Å². The largest absolute Gasteiger partial charge is 0.398 e. The molecule has 1 saturated carbocycles. The Morgan fingerprint density at radius 3 is 2.67 bits per heavy atom. The number of rotatable bonds is 3. The van der Waals surface area contributed by atoms with Gasteiger partial charge in [-0.2, -0.15) is 0 Å². The molecule has 3 heteroatoms. The van der Waals surface area contributed by atoms with Gasteiger partial charge in [0.05, 0.1) is 5.56 Å². The molecule has 1 aromatic carbocycles. The van der Waals surface area contributed by atoms with Gasteiger partial charge in [-0.3, -0.25) is 4.79 Å². The van der Waals surface area contributed by atoms with E-state index in [9.17, 15) is 4.79 Å². The number of amides is 1. The molecule has 3 nitrogen and oxygen atoms in total. The number of nitrogens with two attached hydrogens (primary N) is 1. The number of para-hydroxylation sites is 1. The minimum Gasteiger partial charge on any atom is -0.398 e. The molecule has 1 aliphatic rings. The highest BCUT2D eigenvalue weighted by Crippen LogP contribution is 2.28. The van der Waals surface area contributed by atoms with E-state index in [2.05, 4.69) is 0 Å². The second-order valence-electron chi connectivity index (χ2n) is 3.91. The Labute approximate surface area is 89.9 Å². The van der Waals surface area contributed by atoms with Crippen LogP contribution in [0.25, 0.3) is 0 Å². The van der Waals surface area contributed by atoms with Gasteiger partial charge in [0.1, 0.15) is 0 Å². The molecule has 0 atom stereocenters. The quantitative estimate of drug-likeness (QED) is 0.764. The van der Waals surface area contributed by atoms with Crippen molar-refractivity contribution in [3.05, 3.63) is 29.8 Å². The predicted octanol–water partition coefficient (Wildman–Crippen LogP) is 1.89. The molecule has 1 aliphatic carbocycles. The summed E-state index contributed by atoms with van der Waals surface area (Å²) < 4.78 is 0. The summed E-state index contributed by atoms with van der Waals surface area (Å²) in [7, 11) is 0. The van der Waals surface area contributed by atoms with Gasteiger partial charge in [0.25, 0.3) is 5.91 Å². The van der Waals surface area contributed by atoms with Crippen LogP contribution < -0.4 is 5.73 Å². The van der Waals surface area contributed by atoms with Crippen LogP contribution in [0.5, 0.6) is 0 Å². The van der Waals surface area contributed by atoms with Crippen molar-refractivity contribution in [1.82, 2.24) is 4.90 Å². The van der Waals surface area contributed by atoms with Crippen LogP contribution in [0, 0.1) is 0 Å². The van der Waals surface area contributed by atoms with Gasteiger partial charge in [0.2, 0.25) is 0 Å². The first-order valence-electron chi connectivity index (χ1n) is 5.39. The Hall–Kier alpha value is -1.51. The number of nitrogen functional groups attached to an aromatic ring is 1. The smallest absolute Gasteiger partial charge is 0.256 e. The van der Waals surface area contributed by atoms with Crippen molar-refractivity contribution in [3.63, 3.8) is 0 Å². The second kappa shape index (κ2) is 3.93. The first-order chi connectivity index (χ1) is 7.24. The Bertz CT molecular complexity index is 372. The highest BCUT2D eigenvalue weighted by Gasteiger charge is 2.32. The lowest BCUT2D eigenvalue weighted by atomic mass is 10.1. The monoisotopic (exact) mass is 204 g/mol. The van der Waals surface area contributed by atoms with Gasteiger partial charge >= 0.3 is 0 Å². The van der Waals surface area contributed by atoms with Crippen LogP contribution in [-0.4, -0.2) is 23.4 Å². The van der Waals surface area contributed by atoms with Crippen LogP contribution in [-0.2, 0) is 0 Å². The molecule has 2 rings (SSSR count). The van der Waals surface area contributed by atoms with Gasteiger partial charge < -0.3 is 10.6 Å². The van der Waals surface area contributed by atoms with Gasteiger partial charge in [-0.1, -0.05) is 12.1 Å². The van der Waals surface area contributed by atoms with E-state index in [4.69, 9.17) is 5.73 Å². The third-order valence-corrected chi connectivity index (χ3v) is 2.78. The zero-order chi connectivity index (χ0) is 10.8. The van der Waals surface area contributed by atoms with E-state index in [1.807, 2.05) is 24.0 Å². The molecule has 0 heterocycles. The molecule has 1 amide bonds. The van der Waals surface area contributed by atoms with Crippen molar-refractivity contribution in [1.29, 1.82) is 0 Å². The van der Waals surface area contributed by atoms with Crippen LogP contribution in [0.3, 0.4) is 0 Å². The summed E-state index contributed by atoms with van der Waals surface area (Å²) in [4.78, 5) is 14.0. The van der Waals surface area contributed by atoms with Crippen molar-refractivity contribution in [2.75, 3.05) is 12.3 Å². The summed E-state index contributed by atoms with van der Waals surface area (Å²) in [6.45, 7) is 2.77. The number of benzene rings is 1. The van der Waals surface area contributed by atoms with E-state index in [0.29, 0.717) is 17.3 Å². The van der Waals surface area contributed by atoms with Crippen molar-refractivity contribution < 1.29 is 4.79 Å². The summed E-state index contributed by atoms with van der Waals surface area (Å²) >= 11 is 0. The fourth-order valence-electron chi connectivity index (χ4n) is 1.80. The molecule has 0 saturated heterocycles. The minimum atomic E-state index is 0.0677. The molecule has 0 radical (unpaired) electrons. The topological polar surface area (TPSA) is 46.3 Å². The summed E-state index contributed by atoms with van der Waals surface area (Å²) in [5.74, 6) is 0.0677. The molecule has 0 aliphatic heterocycles. The number of carbonyl (C=O) groups is 1. The fourth-order valence-corrected chi connectivity index (χ4v) is 1.80. The maximum Gasteiger partial charge on any atom is 0.256 e. The third-order valence-electron chi connectivity index (χ3n) is 2.78. The molecule has 0 unspecified atom stereocenters. The highest BCUT2D eigenvalue weighted by molar-refractivity contribution is 5.99. The molecule has 1 aromatic rings. The molecule has 1 fully saturated rings. The number of hydrogen-bond donors (Lipinski definition) is 1. The summed E-state index contributed by atoms with van der Waals surface area (Å²) in [6.07, 6.45) is 2.26. The van der Waals surface area contributed by atoms with Crippen LogP contribution in [0.4, 0.5) is 5.69 Å². The zero-order valence-corrected chi connectivity index (χ0v) is 8.94. The van der Waals surface area contributed by atoms with Gasteiger partial charge in [-0.25, -0.2) is 0 Å². The average molecular weight is 204 g/mol. The normalized spacial score (nSPS) is 15.0. The molecule has 0 spiro atoms. The Morgan fingerprint density at radius 2 is 2.13 bits per heavy atom. The van der Waals surface area contributed by atoms with Gasteiger partial charge in [0.15, 0.2) is 0 Å². The van der Waals surface area contributed by atoms with Crippen LogP contribution in [0.1, 0.15) is 30.1 Å². The lowest BCUT2D eigenvalue weighted by Crippen LogP contribution is -2.33. The summed E-state index contributed by atoms with van der Waals surface area (Å²) in [5.41, 5.74) is 6.99. The van der Waals surface area contributed by atoms with Crippen molar-refractivity contribution >= 4 is 11.6 Å². The van der Waals surface area contributed by atoms with Gasteiger partial charge in [0, 0.05) is 18.3 Å². The maximum absolute atomic E-state index is 12.1. The van der Waals surface area contributed by atoms with E-state index in [1.165, 1.54) is 0 Å².